The number of fused-ring (bicyclic) bond motifs is 1. The molecule has 0 spiro atoms. The topological polar surface area (TPSA) is 45.6 Å². The van der Waals surface area contributed by atoms with E-state index >= 15 is 0 Å². The molecule has 29 heavy (non-hydrogen) atoms. The smallest absolute Gasteiger partial charge is 0.130 e. The second kappa shape index (κ2) is 8.60. The zero-order valence-corrected chi connectivity index (χ0v) is 18.7. The lowest BCUT2D eigenvalue weighted by atomic mass is 10.0. The quantitative estimate of drug-likeness (QED) is 0.552. The van der Waals surface area contributed by atoms with Gasteiger partial charge in [-0.05, 0) is 63.1 Å². The van der Waals surface area contributed by atoms with Crippen molar-refractivity contribution in [3.63, 3.8) is 0 Å². The molecule has 0 radical (unpaired) electrons. The van der Waals surface area contributed by atoms with E-state index < -0.39 is 6.10 Å². The summed E-state index contributed by atoms with van der Waals surface area (Å²) in [5, 5.41) is 11.0. The molecule has 1 aromatic carbocycles. The third kappa shape index (κ3) is 4.29. The molecular formula is C23H27ClN2O2S. The standard InChI is InChI=1S/C23H27ClN2O2S/c1-4-20(27)21-13-19-23(29-21)17(5-8-25-19)18-12-15(24)11-14(2)22(18)28-16-6-9-26(3)10-7-16/h5,8,11-13,16,20,27H,4,6-7,9-10H2,1-3H3. The highest BCUT2D eigenvalue weighted by molar-refractivity contribution is 7.19. The van der Waals surface area contributed by atoms with Crippen LogP contribution in [0.25, 0.3) is 21.3 Å². The van der Waals surface area contributed by atoms with Crippen molar-refractivity contribution in [2.75, 3.05) is 20.1 Å². The van der Waals surface area contributed by atoms with Crippen molar-refractivity contribution in [2.45, 2.75) is 45.3 Å². The number of benzene rings is 1. The molecule has 1 aliphatic rings. The van der Waals surface area contributed by atoms with Gasteiger partial charge in [-0.2, -0.15) is 0 Å². The molecule has 4 nitrogen and oxygen atoms in total. The van der Waals surface area contributed by atoms with Crippen LogP contribution in [0.2, 0.25) is 5.02 Å². The van der Waals surface area contributed by atoms with Crippen LogP contribution >= 0.6 is 22.9 Å². The molecule has 1 aliphatic heterocycles. The summed E-state index contributed by atoms with van der Waals surface area (Å²) in [4.78, 5) is 7.81. The fourth-order valence-electron chi connectivity index (χ4n) is 3.89. The number of pyridine rings is 1. The molecule has 3 aromatic rings. The van der Waals surface area contributed by atoms with Crippen LogP contribution in [0.15, 0.2) is 30.5 Å². The first-order valence-corrected chi connectivity index (χ1v) is 11.4. The number of piperidine rings is 1. The summed E-state index contributed by atoms with van der Waals surface area (Å²) in [6.45, 7) is 6.14. The number of aliphatic hydroxyl groups excluding tert-OH is 1. The maximum absolute atomic E-state index is 10.3. The van der Waals surface area contributed by atoms with Gasteiger partial charge in [0.25, 0.3) is 0 Å². The highest BCUT2D eigenvalue weighted by Gasteiger charge is 2.22. The summed E-state index contributed by atoms with van der Waals surface area (Å²) in [6.07, 6.45) is 4.30. The number of likely N-dealkylation sites (tertiary alicyclic amines) is 1. The van der Waals surface area contributed by atoms with Crippen molar-refractivity contribution < 1.29 is 9.84 Å². The van der Waals surface area contributed by atoms with Gasteiger partial charge >= 0.3 is 0 Å². The van der Waals surface area contributed by atoms with Crippen LogP contribution in [0.3, 0.4) is 0 Å². The predicted octanol–water partition coefficient (Wildman–Crippen LogP) is 5.84. The number of aliphatic hydroxyl groups is 1. The predicted molar refractivity (Wildman–Crippen MR) is 121 cm³/mol. The van der Waals surface area contributed by atoms with Crippen LogP contribution in [-0.2, 0) is 0 Å². The first kappa shape index (κ1) is 20.6. The summed E-state index contributed by atoms with van der Waals surface area (Å²) >= 11 is 8.05. The number of ether oxygens (including phenoxy) is 1. The lowest BCUT2D eigenvalue weighted by Gasteiger charge is -2.30. The zero-order chi connectivity index (χ0) is 20.5. The fraction of sp³-hybridized carbons (Fsp3) is 0.435. The first-order valence-electron chi connectivity index (χ1n) is 10.2. The fourth-order valence-corrected chi connectivity index (χ4v) is 5.38. The van der Waals surface area contributed by atoms with Gasteiger partial charge in [0.1, 0.15) is 11.9 Å². The van der Waals surface area contributed by atoms with Crippen molar-refractivity contribution in [1.82, 2.24) is 9.88 Å². The number of rotatable bonds is 5. The van der Waals surface area contributed by atoms with Crippen molar-refractivity contribution in [1.29, 1.82) is 0 Å². The van der Waals surface area contributed by atoms with Gasteiger partial charge < -0.3 is 14.7 Å². The van der Waals surface area contributed by atoms with Gasteiger partial charge in [-0.3, -0.25) is 4.98 Å². The Morgan fingerprint density at radius 2 is 2.03 bits per heavy atom. The molecule has 1 N–H and O–H groups in total. The average molecular weight is 431 g/mol. The van der Waals surface area contributed by atoms with Gasteiger partial charge in [-0.1, -0.05) is 18.5 Å². The number of halogens is 1. The summed E-state index contributed by atoms with van der Waals surface area (Å²) < 4.78 is 7.61. The minimum absolute atomic E-state index is 0.211. The van der Waals surface area contributed by atoms with Crippen LogP contribution in [0.5, 0.6) is 5.75 Å². The Morgan fingerprint density at radius 1 is 1.28 bits per heavy atom. The maximum Gasteiger partial charge on any atom is 0.130 e. The van der Waals surface area contributed by atoms with E-state index in [1.54, 1.807) is 11.3 Å². The number of hydrogen-bond acceptors (Lipinski definition) is 5. The Labute approximate surface area is 181 Å². The molecule has 0 bridgehead atoms. The normalized spacial score (nSPS) is 17.0. The van der Waals surface area contributed by atoms with Crippen molar-refractivity contribution in [2.24, 2.45) is 0 Å². The summed E-state index contributed by atoms with van der Waals surface area (Å²) in [5.74, 6) is 0.905. The van der Waals surface area contributed by atoms with E-state index in [4.69, 9.17) is 16.3 Å². The van der Waals surface area contributed by atoms with Crippen LogP contribution in [0.1, 0.15) is 42.7 Å². The second-order valence-electron chi connectivity index (χ2n) is 7.87. The number of hydrogen-bond donors (Lipinski definition) is 1. The van der Waals surface area contributed by atoms with Crippen molar-refractivity contribution in [3.8, 4) is 16.9 Å². The van der Waals surface area contributed by atoms with Crippen LogP contribution in [0, 0.1) is 6.92 Å². The molecule has 1 fully saturated rings. The Hall–Kier alpha value is -1.66. The minimum Gasteiger partial charge on any atom is -0.489 e. The molecule has 0 saturated carbocycles. The molecule has 3 heterocycles. The summed E-state index contributed by atoms with van der Waals surface area (Å²) in [6, 6.07) is 7.97. The Bertz CT molecular complexity index is 1010. The van der Waals surface area contributed by atoms with E-state index in [1.165, 1.54) is 0 Å². The molecule has 6 heteroatoms. The third-order valence-corrected chi connectivity index (χ3v) is 7.10. The van der Waals surface area contributed by atoms with E-state index in [2.05, 4.69) is 23.9 Å². The van der Waals surface area contributed by atoms with E-state index in [0.717, 1.165) is 63.5 Å². The maximum atomic E-state index is 10.3. The largest absolute Gasteiger partial charge is 0.489 e. The van der Waals surface area contributed by atoms with Gasteiger partial charge in [0.2, 0.25) is 0 Å². The molecule has 154 valence electrons. The number of nitrogens with zero attached hydrogens (tertiary/aromatic N) is 2. The third-order valence-electron chi connectivity index (χ3n) is 5.63. The summed E-state index contributed by atoms with van der Waals surface area (Å²) in [7, 11) is 2.15. The van der Waals surface area contributed by atoms with Gasteiger partial charge in [0.05, 0.1) is 16.3 Å². The Kier molecular flexibility index (Phi) is 6.11. The highest BCUT2D eigenvalue weighted by Crippen LogP contribution is 2.43. The van der Waals surface area contributed by atoms with Gasteiger partial charge in [-0.25, -0.2) is 0 Å². The molecule has 1 atom stereocenters. The van der Waals surface area contributed by atoms with Crippen LogP contribution < -0.4 is 4.74 Å². The van der Waals surface area contributed by atoms with E-state index in [9.17, 15) is 5.11 Å². The Morgan fingerprint density at radius 3 is 2.76 bits per heavy atom. The SMILES string of the molecule is CCC(O)c1cc2nccc(-c3cc(Cl)cc(C)c3OC3CCN(C)CC3)c2s1. The zero-order valence-electron chi connectivity index (χ0n) is 17.1. The van der Waals surface area contributed by atoms with Gasteiger partial charge in [0.15, 0.2) is 0 Å². The Balaban J connectivity index is 1.79. The number of thiophene rings is 1. The molecule has 0 amide bonds. The molecule has 4 rings (SSSR count). The van der Waals surface area contributed by atoms with E-state index in [1.807, 2.05) is 37.4 Å². The molecule has 1 saturated heterocycles. The van der Waals surface area contributed by atoms with Crippen molar-refractivity contribution in [3.05, 3.63) is 45.9 Å². The molecular weight excluding hydrogens is 404 g/mol. The lowest BCUT2D eigenvalue weighted by Crippen LogP contribution is -2.35. The van der Waals surface area contributed by atoms with Gasteiger partial charge in [0, 0.05) is 40.3 Å². The van der Waals surface area contributed by atoms with Crippen LogP contribution in [-0.4, -0.2) is 41.2 Å². The average Bonchev–Trinajstić information content (AvgIpc) is 3.15. The lowest BCUT2D eigenvalue weighted by molar-refractivity contribution is 0.114. The number of aryl methyl sites for hydroxylation is 1. The van der Waals surface area contributed by atoms with Crippen molar-refractivity contribution >= 4 is 33.2 Å². The molecule has 1 unspecified atom stereocenters. The van der Waals surface area contributed by atoms with Gasteiger partial charge in [-0.15, -0.1) is 11.3 Å². The van der Waals surface area contributed by atoms with E-state index in [-0.39, 0.29) is 6.10 Å². The molecule has 2 aromatic heterocycles. The molecule has 0 aliphatic carbocycles. The second-order valence-corrected chi connectivity index (χ2v) is 9.39. The highest BCUT2D eigenvalue weighted by atomic mass is 35.5. The summed E-state index contributed by atoms with van der Waals surface area (Å²) in [5.41, 5.74) is 4.00. The van der Waals surface area contributed by atoms with E-state index in [0.29, 0.717) is 11.4 Å². The monoisotopic (exact) mass is 430 g/mol. The van der Waals surface area contributed by atoms with Crippen LogP contribution in [0.4, 0.5) is 0 Å². The number of aromatic nitrogens is 1. The first-order chi connectivity index (χ1) is 14.0. The minimum atomic E-state index is -0.460.